The Morgan fingerprint density at radius 1 is 1.29 bits per heavy atom. The van der Waals surface area contributed by atoms with Gasteiger partial charge in [-0.1, -0.05) is 17.7 Å². The van der Waals surface area contributed by atoms with E-state index in [-0.39, 0.29) is 12.5 Å². The van der Waals surface area contributed by atoms with Gasteiger partial charge in [0.1, 0.15) is 17.1 Å². The van der Waals surface area contributed by atoms with E-state index >= 15 is 0 Å². The average molecular weight is 287 g/mol. The molecule has 1 unspecified atom stereocenters. The molecular weight excluding hydrogens is 266 g/mol. The minimum atomic E-state index is -1.17. The number of carbonyl (C=O) groups excluding carboxylic acids is 1. The van der Waals surface area contributed by atoms with Gasteiger partial charge in [0.25, 0.3) is 5.91 Å². The molecule has 0 radical (unpaired) electrons. The van der Waals surface area contributed by atoms with Crippen molar-refractivity contribution in [2.24, 2.45) is 0 Å². The molecule has 4 nitrogen and oxygen atoms in total. The highest BCUT2D eigenvalue weighted by Crippen LogP contribution is 2.26. The molecule has 2 rings (SSSR count). The first-order chi connectivity index (χ1) is 9.79. The van der Waals surface area contributed by atoms with Crippen molar-refractivity contribution in [3.63, 3.8) is 0 Å². The number of nitrogens with one attached hydrogen (secondary N) is 1. The lowest BCUT2D eigenvalue weighted by molar-refractivity contribution is 0.0514. The normalized spacial score (nSPS) is 13.8. The van der Waals surface area contributed by atoms with E-state index in [4.69, 9.17) is 4.42 Å². The van der Waals surface area contributed by atoms with Gasteiger partial charge >= 0.3 is 0 Å². The van der Waals surface area contributed by atoms with Crippen LogP contribution in [-0.2, 0) is 5.60 Å². The van der Waals surface area contributed by atoms with Crippen LogP contribution in [0, 0.1) is 20.8 Å². The zero-order valence-corrected chi connectivity index (χ0v) is 12.9. The number of amides is 1. The molecule has 21 heavy (non-hydrogen) atoms. The Kier molecular flexibility index (Phi) is 4.19. The Balaban J connectivity index is 2.08. The summed E-state index contributed by atoms with van der Waals surface area (Å²) in [4.78, 5) is 12.1. The molecule has 1 aromatic heterocycles. The van der Waals surface area contributed by atoms with Crippen LogP contribution in [0.5, 0.6) is 0 Å². The summed E-state index contributed by atoms with van der Waals surface area (Å²) < 4.78 is 5.44. The molecule has 1 aromatic carbocycles. The molecule has 0 fully saturated rings. The number of hydrogen-bond donors (Lipinski definition) is 2. The van der Waals surface area contributed by atoms with E-state index < -0.39 is 5.60 Å². The van der Waals surface area contributed by atoms with E-state index in [1.54, 1.807) is 26.0 Å². The van der Waals surface area contributed by atoms with Crippen LogP contribution in [0.25, 0.3) is 0 Å². The van der Waals surface area contributed by atoms with E-state index in [0.717, 1.165) is 11.3 Å². The fourth-order valence-corrected chi connectivity index (χ4v) is 2.40. The molecule has 0 aliphatic rings. The van der Waals surface area contributed by atoms with Crippen LogP contribution in [0.4, 0.5) is 0 Å². The molecule has 0 bridgehead atoms. The molecule has 1 amide bonds. The van der Waals surface area contributed by atoms with E-state index in [9.17, 15) is 9.90 Å². The molecule has 0 saturated heterocycles. The van der Waals surface area contributed by atoms with Crippen molar-refractivity contribution in [3.05, 3.63) is 58.5 Å². The standard InChI is InChI=1S/C17H21NO3/c1-11-6-5-7-14(8-11)16(19)18-10-17(4,20)15-9-12(2)21-13(15)3/h5-9,20H,10H2,1-4H3,(H,18,19). The van der Waals surface area contributed by atoms with E-state index in [1.165, 1.54) is 0 Å². The summed E-state index contributed by atoms with van der Waals surface area (Å²) >= 11 is 0. The first-order valence-electron chi connectivity index (χ1n) is 6.94. The molecular formula is C17H21NO3. The number of hydrogen-bond acceptors (Lipinski definition) is 3. The van der Waals surface area contributed by atoms with Crippen molar-refractivity contribution in [1.82, 2.24) is 5.32 Å². The van der Waals surface area contributed by atoms with Crippen LogP contribution < -0.4 is 5.32 Å². The predicted octanol–water partition coefficient (Wildman–Crippen LogP) is 2.84. The van der Waals surface area contributed by atoms with Gasteiger partial charge in [-0.2, -0.15) is 0 Å². The van der Waals surface area contributed by atoms with E-state index in [0.29, 0.717) is 16.9 Å². The van der Waals surface area contributed by atoms with Gasteiger partial charge in [-0.25, -0.2) is 0 Å². The first kappa shape index (κ1) is 15.3. The van der Waals surface area contributed by atoms with E-state index in [1.807, 2.05) is 32.0 Å². The number of aliphatic hydroxyl groups is 1. The third-order valence-electron chi connectivity index (χ3n) is 3.49. The molecule has 0 saturated carbocycles. The van der Waals surface area contributed by atoms with Crippen molar-refractivity contribution in [2.75, 3.05) is 6.54 Å². The lowest BCUT2D eigenvalue weighted by Crippen LogP contribution is -2.38. The number of benzene rings is 1. The van der Waals surface area contributed by atoms with Crippen LogP contribution in [0.3, 0.4) is 0 Å². The summed E-state index contributed by atoms with van der Waals surface area (Å²) in [6, 6.07) is 9.15. The second kappa shape index (κ2) is 5.74. The molecule has 2 aromatic rings. The molecule has 1 atom stereocenters. The lowest BCUT2D eigenvalue weighted by atomic mass is 9.96. The first-order valence-corrected chi connectivity index (χ1v) is 6.94. The van der Waals surface area contributed by atoms with Crippen LogP contribution in [0.2, 0.25) is 0 Å². The Bertz CT molecular complexity index is 656. The van der Waals surface area contributed by atoms with Gasteiger partial charge in [0.2, 0.25) is 0 Å². The number of carbonyl (C=O) groups is 1. The van der Waals surface area contributed by atoms with Gasteiger partial charge in [-0.15, -0.1) is 0 Å². The summed E-state index contributed by atoms with van der Waals surface area (Å²) in [6.45, 7) is 7.36. The van der Waals surface area contributed by atoms with Gasteiger partial charge < -0.3 is 14.8 Å². The highest BCUT2D eigenvalue weighted by Gasteiger charge is 2.28. The maximum Gasteiger partial charge on any atom is 0.251 e. The summed E-state index contributed by atoms with van der Waals surface area (Å²) in [7, 11) is 0. The number of furan rings is 1. The average Bonchev–Trinajstić information content (AvgIpc) is 2.76. The van der Waals surface area contributed by atoms with Crippen molar-refractivity contribution in [3.8, 4) is 0 Å². The molecule has 1 heterocycles. The fourth-order valence-electron chi connectivity index (χ4n) is 2.40. The topological polar surface area (TPSA) is 62.5 Å². The van der Waals surface area contributed by atoms with Crippen molar-refractivity contribution in [1.29, 1.82) is 0 Å². The Labute approximate surface area is 124 Å². The van der Waals surface area contributed by atoms with Gasteiger partial charge in [0.15, 0.2) is 0 Å². The SMILES string of the molecule is Cc1cccc(C(=O)NCC(C)(O)c2cc(C)oc2C)c1. The molecule has 2 N–H and O–H groups in total. The maximum absolute atomic E-state index is 12.1. The second-order valence-electron chi connectivity index (χ2n) is 5.65. The van der Waals surface area contributed by atoms with E-state index in [2.05, 4.69) is 5.32 Å². The fraction of sp³-hybridized carbons (Fsp3) is 0.353. The largest absolute Gasteiger partial charge is 0.466 e. The molecule has 0 spiro atoms. The number of rotatable bonds is 4. The molecule has 112 valence electrons. The molecule has 0 aliphatic carbocycles. The summed E-state index contributed by atoms with van der Waals surface area (Å²) in [5.41, 5.74) is 1.15. The second-order valence-corrected chi connectivity index (χ2v) is 5.65. The monoisotopic (exact) mass is 287 g/mol. The predicted molar refractivity (Wildman–Crippen MR) is 81.3 cm³/mol. The zero-order valence-electron chi connectivity index (χ0n) is 12.9. The minimum Gasteiger partial charge on any atom is -0.466 e. The van der Waals surface area contributed by atoms with Gasteiger partial charge in [0, 0.05) is 11.1 Å². The quantitative estimate of drug-likeness (QED) is 0.909. The summed E-state index contributed by atoms with van der Waals surface area (Å²) in [5.74, 6) is 1.21. The Morgan fingerprint density at radius 2 is 2.00 bits per heavy atom. The third kappa shape index (κ3) is 3.52. The van der Waals surface area contributed by atoms with Crippen molar-refractivity contribution in [2.45, 2.75) is 33.3 Å². The molecule has 4 heteroatoms. The highest BCUT2D eigenvalue weighted by molar-refractivity contribution is 5.94. The number of aryl methyl sites for hydroxylation is 3. The summed E-state index contributed by atoms with van der Waals surface area (Å²) in [5, 5.41) is 13.3. The van der Waals surface area contributed by atoms with Gasteiger partial charge in [-0.3, -0.25) is 4.79 Å². The Morgan fingerprint density at radius 3 is 2.57 bits per heavy atom. The zero-order chi connectivity index (χ0) is 15.6. The van der Waals surface area contributed by atoms with Crippen LogP contribution in [-0.4, -0.2) is 17.6 Å². The lowest BCUT2D eigenvalue weighted by Gasteiger charge is -2.23. The van der Waals surface area contributed by atoms with Crippen LogP contribution >= 0.6 is 0 Å². The smallest absolute Gasteiger partial charge is 0.251 e. The minimum absolute atomic E-state index is 0.125. The van der Waals surface area contributed by atoms with Gasteiger partial charge in [0.05, 0.1) is 6.54 Å². The van der Waals surface area contributed by atoms with Crippen LogP contribution in [0.15, 0.2) is 34.7 Å². The van der Waals surface area contributed by atoms with Gasteiger partial charge in [-0.05, 0) is 45.9 Å². The van der Waals surface area contributed by atoms with Crippen LogP contribution in [0.1, 0.15) is 39.9 Å². The third-order valence-corrected chi connectivity index (χ3v) is 3.49. The molecule has 0 aliphatic heterocycles. The van der Waals surface area contributed by atoms with Crippen molar-refractivity contribution < 1.29 is 14.3 Å². The van der Waals surface area contributed by atoms with Crippen molar-refractivity contribution >= 4 is 5.91 Å². The highest BCUT2D eigenvalue weighted by atomic mass is 16.3. The Hall–Kier alpha value is -2.07. The summed E-state index contributed by atoms with van der Waals surface area (Å²) in [6.07, 6.45) is 0. The maximum atomic E-state index is 12.1.